The van der Waals surface area contributed by atoms with Gasteiger partial charge in [0.25, 0.3) is 0 Å². The van der Waals surface area contributed by atoms with Crippen molar-refractivity contribution >= 4 is 32.3 Å². The summed E-state index contributed by atoms with van der Waals surface area (Å²) in [5.74, 6) is 0. The zero-order chi connectivity index (χ0) is 29.6. The number of pyridine rings is 1. The van der Waals surface area contributed by atoms with Crippen molar-refractivity contribution in [2.75, 3.05) is 0 Å². The number of rotatable bonds is 4. The van der Waals surface area contributed by atoms with Gasteiger partial charge in [-0.3, -0.25) is 4.98 Å². The van der Waals surface area contributed by atoms with Gasteiger partial charge in [-0.05, 0) is 109 Å². The maximum atomic E-state index is 4.41. The van der Waals surface area contributed by atoms with Gasteiger partial charge in [-0.15, -0.1) is 0 Å². The molecule has 1 heteroatoms. The highest BCUT2D eigenvalue weighted by molar-refractivity contribution is 6.24. The van der Waals surface area contributed by atoms with Gasteiger partial charge in [-0.2, -0.15) is 0 Å². The second-order valence-electron chi connectivity index (χ2n) is 11.7. The Kier molecular flexibility index (Phi) is 6.31. The Bertz CT molecular complexity index is 2290. The highest BCUT2D eigenvalue weighted by Crippen LogP contribution is 2.46. The van der Waals surface area contributed by atoms with Gasteiger partial charge in [-0.1, -0.05) is 133 Å². The van der Waals surface area contributed by atoms with Crippen molar-refractivity contribution in [1.29, 1.82) is 0 Å². The van der Waals surface area contributed by atoms with E-state index in [-0.39, 0.29) is 0 Å². The Hall–Kier alpha value is -5.53. The van der Waals surface area contributed by atoms with Crippen LogP contribution in [0.5, 0.6) is 0 Å². The van der Waals surface area contributed by atoms with Gasteiger partial charge in [0.2, 0.25) is 0 Å². The fourth-order valence-corrected chi connectivity index (χ4v) is 6.81. The average Bonchev–Trinajstić information content (AvgIpc) is 3.07. The molecule has 44 heavy (non-hydrogen) atoms. The van der Waals surface area contributed by atoms with Gasteiger partial charge in [0.05, 0.1) is 0 Å². The number of nitrogens with zero attached hydrogens (tertiary/aromatic N) is 1. The molecule has 0 unspecified atom stereocenters. The van der Waals surface area contributed by atoms with Crippen LogP contribution in [0.4, 0.5) is 0 Å². The monoisotopic (exact) mass is 561 g/mol. The van der Waals surface area contributed by atoms with Crippen molar-refractivity contribution in [3.05, 3.63) is 163 Å². The molecular weight excluding hydrogens is 530 g/mol. The lowest BCUT2D eigenvalue weighted by Crippen LogP contribution is -1.93. The number of benzene rings is 7. The highest BCUT2D eigenvalue weighted by Gasteiger charge is 2.19. The number of hydrogen-bond acceptors (Lipinski definition) is 1. The van der Waals surface area contributed by atoms with Gasteiger partial charge in [0.1, 0.15) is 0 Å². The summed E-state index contributed by atoms with van der Waals surface area (Å²) in [4.78, 5) is 4.41. The molecule has 208 valence electrons. The van der Waals surface area contributed by atoms with E-state index in [1.54, 1.807) is 0 Å². The van der Waals surface area contributed by atoms with E-state index in [9.17, 15) is 0 Å². The lowest BCUT2D eigenvalue weighted by Gasteiger charge is -2.20. The van der Waals surface area contributed by atoms with E-state index in [1.807, 2.05) is 13.1 Å². The quantitative estimate of drug-likeness (QED) is 0.195. The third kappa shape index (κ3) is 4.37. The molecule has 8 aromatic rings. The first-order valence-corrected chi connectivity index (χ1v) is 15.2. The molecule has 8 rings (SSSR count). The molecule has 0 N–H and O–H groups in total. The summed E-state index contributed by atoms with van der Waals surface area (Å²) in [5, 5.41) is 7.58. The molecule has 0 radical (unpaired) electrons. The predicted molar refractivity (Wildman–Crippen MR) is 188 cm³/mol. The van der Waals surface area contributed by atoms with Gasteiger partial charge in [0.15, 0.2) is 0 Å². The Morgan fingerprint density at radius 2 is 0.886 bits per heavy atom. The molecule has 0 aliphatic rings. The maximum absolute atomic E-state index is 4.41. The summed E-state index contributed by atoms with van der Waals surface area (Å²) in [6.45, 7) is 4.19. The van der Waals surface area contributed by atoms with Crippen LogP contribution in [0.2, 0.25) is 0 Å². The summed E-state index contributed by atoms with van der Waals surface area (Å²) in [6.07, 6.45) is 1.89. The second-order valence-corrected chi connectivity index (χ2v) is 11.7. The van der Waals surface area contributed by atoms with Gasteiger partial charge < -0.3 is 0 Å². The summed E-state index contributed by atoms with van der Waals surface area (Å²) in [5.41, 5.74) is 12.2. The second kappa shape index (κ2) is 10.6. The van der Waals surface area contributed by atoms with Gasteiger partial charge in [0, 0.05) is 11.9 Å². The molecule has 0 bridgehead atoms. The molecule has 0 spiro atoms. The van der Waals surface area contributed by atoms with Crippen LogP contribution in [0.25, 0.3) is 76.8 Å². The average molecular weight is 562 g/mol. The number of hydrogen-bond donors (Lipinski definition) is 0. The van der Waals surface area contributed by atoms with E-state index in [1.165, 1.54) is 82.4 Å². The molecule has 1 heterocycles. The van der Waals surface area contributed by atoms with Crippen LogP contribution >= 0.6 is 0 Å². The van der Waals surface area contributed by atoms with Crippen LogP contribution in [-0.4, -0.2) is 4.98 Å². The van der Waals surface area contributed by atoms with Crippen molar-refractivity contribution in [2.45, 2.75) is 13.8 Å². The number of fused-ring (bicyclic) bond motifs is 3. The predicted octanol–water partition coefficient (Wildman–Crippen LogP) is 11.8. The van der Waals surface area contributed by atoms with Crippen LogP contribution in [0.15, 0.2) is 152 Å². The Morgan fingerprint density at radius 3 is 1.52 bits per heavy atom. The lowest BCUT2D eigenvalue weighted by atomic mass is 9.83. The summed E-state index contributed by atoms with van der Waals surface area (Å²) >= 11 is 0. The summed E-state index contributed by atoms with van der Waals surface area (Å²) < 4.78 is 0. The molecule has 1 nitrogen and oxygen atoms in total. The third-order valence-corrected chi connectivity index (χ3v) is 8.87. The Morgan fingerprint density at radius 1 is 0.364 bits per heavy atom. The van der Waals surface area contributed by atoms with E-state index in [2.05, 4.69) is 158 Å². The first-order valence-electron chi connectivity index (χ1n) is 15.2. The Balaban J connectivity index is 1.42. The fourth-order valence-electron chi connectivity index (χ4n) is 6.81. The summed E-state index contributed by atoms with van der Waals surface area (Å²) in [7, 11) is 0. The molecule has 0 fully saturated rings. The first kappa shape index (κ1) is 26.1. The SMILES string of the molecule is Cc1ccc(-c2ccc(-c3c4ccccc4c(-c4cccc(-c5ccnc(C)c5)c4)c4ccccc34)c3ccccc23)cc1. The van der Waals surface area contributed by atoms with E-state index in [4.69, 9.17) is 0 Å². The minimum atomic E-state index is 1.02. The minimum absolute atomic E-state index is 1.02. The molecule has 0 saturated carbocycles. The molecule has 0 saturated heterocycles. The first-order chi connectivity index (χ1) is 21.7. The lowest BCUT2D eigenvalue weighted by molar-refractivity contribution is 1.20. The van der Waals surface area contributed by atoms with Crippen LogP contribution in [0.3, 0.4) is 0 Å². The van der Waals surface area contributed by atoms with Gasteiger partial charge >= 0.3 is 0 Å². The van der Waals surface area contributed by atoms with E-state index in [0.717, 1.165) is 5.69 Å². The molecule has 1 aromatic heterocycles. The van der Waals surface area contributed by atoms with E-state index in [0.29, 0.717) is 0 Å². The molecule has 0 amide bonds. The zero-order valence-corrected chi connectivity index (χ0v) is 24.9. The van der Waals surface area contributed by atoms with Crippen molar-refractivity contribution in [3.8, 4) is 44.5 Å². The smallest absolute Gasteiger partial charge is 0.0378 e. The number of aromatic nitrogens is 1. The van der Waals surface area contributed by atoms with Crippen molar-refractivity contribution in [1.82, 2.24) is 4.98 Å². The Labute approximate surface area is 258 Å². The zero-order valence-electron chi connectivity index (χ0n) is 24.9. The van der Waals surface area contributed by atoms with Gasteiger partial charge in [-0.25, -0.2) is 0 Å². The molecule has 0 aliphatic heterocycles. The van der Waals surface area contributed by atoms with E-state index >= 15 is 0 Å². The molecule has 7 aromatic carbocycles. The number of aryl methyl sites for hydroxylation is 2. The topological polar surface area (TPSA) is 12.9 Å². The van der Waals surface area contributed by atoms with Crippen molar-refractivity contribution in [3.63, 3.8) is 0 Å². The molecule has 0 atom stereocenters. The van der Waals surface area contributed by atoms with Crippen LogP contribution < -0.4 is 0 Å². The summed E-state index contributed by atoms with van der Waals surface area (Å²) in [6, 6.07) is 53.4. The molecular formula is C43H31N. The largest absolute Gasteiger partial charge is 0.262 e. The van der Waals surface area contributed by atoms with Crippen molar-refractivity contribution in [2.24, 2.45) is 0 Å². The van der Waals surface area contributed by atoms with Crippen LogP contribution in [0.1, 0.15) is 11.3 Å². The third-order valence-electron chi connectivity index (χ3n) is 8.87. The van der Waals surface area contributed by atoms with Crippen LogP contribution in [0, 0.1) is 13.8 Å². The normalized spacial score (nSPS) is 11.4. The molecule has 0 aliphatic carbocycles. The van der Waals surface area contributed by atoms with E-state index < -0.39 is 0 Å². The standard InChI is InChI=1S/C43H31N/c1-28-18-20-30(21-19-28)34-22-23-41(36-13-4-3-12-35(34)36)43-39-16-7-5-14-37(39)42(38-15-6-8-17-40(38)43)33-11-9-10-31(27-33)32-24-25-44-29(2)26-32/h3-27H,1-2H3. The van der Waals surface area contributed by atoms with Crippen molar-refractivity contribution < 1.29 is 0 Å². The fraction of sp³-hybridized carbons (Fsp3) is 0.0465. The van der Waals surface area contributed by atoms with Crippen LogP contribution in [-0.2, 0) is 0 Å². The highest BCUT2D eigenvalue weighted by atomic mass is 14.6. The minimum Gasteiger partial charge on any atom is -0.262 e. The maximum Gasteiger partial charge on any atom is 0.0378 e.